The van der Waals surface area contributed by atoms with E-state index >= 15 is 0 Å². The van der Waals surface area contributed by atoms with Crippen LogP contribution in [0.3, 0.4) is 0 Å². The normalized spacial score (nSPS) is 12.7. The second kappa shape index (κ2) is 8.03. The van der Waals surface area contributed by atoms with Crippen LogP contribution in [0.5, 0.6) is 0 Å². The van der Waals surface area contributed by atoms with Gasteiger partial charge in [0.05, 0.1) is 18.1 Å². The average Bonchev–Trinajstić information content (AvgIpc) is 2.40. The molecule has 0 bridgehead atoms. The van der Waals surface area contributed by atoms with Crippen molar-refractivity contribution < 1.29 is 0 Å². The van der Waals surface area contributed by atoms with Gasteiger partial charge in [0.15, 0.2) is 0 Å². The van der Waals surface area contributed by atoms with Crippen molar-refractivity contribution in [3.8, 4) is 0 Å². The molecule has 0 aliphatic heterocycles. The first-order chi connectivity index (χ1) is 8.69. The number of rotatable bonds is 8. The van der Waals surface area contributed by atoms with Crippen molar-refractivity contribution in [1.29, 1.82) is 0 Å². The summed E-state index contributed by atoms with van der Waals surface area (Å²) in [5, 5.41) is 3.16. The smallest absolute Gasteiger partial charge is 0.144 e. The van der Waals surface area contributed by atoms with E-state index in [1.807, 2.05) is 12.4 Å². The highest BCUT2D eigenvalue weighted by Crippen LogP contribution is 2.08. The fourth-order valence-corrected chi connectivity index (χ4v) is 1.81. The maximum absolute atomic E-state index is 4.45. The number of nitrogens with one attached hydrogen (secondary N) is 1. The molecule has 0 aliphatic carbocycles. The molecule has 0 fully saturated rings. The zero-order valence-corrected chi connectivity index (χ0v) is 12.1. The lowest BCUT2D eigenvalue weighted by atomic mass is 10.1. The summed E-state index contributed by atoms with van der Waals surface area (Å²) in [7, 11) is 0. The van der Waals surface area contributed by atoms with Gasteiger partial charge in [-0.25, -0.2) is 4.98 Å². The summed E-state index contributed by atoms with van der Waals surface area (Å²) in [6.45, 7) is 12.7. The van der Waals surface area contributed by atoms with Crippen LogP contribution in [0.4, 0.5) is 5.82 Å². The molecule has 102 valence electrons. The quantitative estimate of drug-likeness (QED) is 0.770. The Labute approximate surface area is 111 Å². The number of hydrogen-bond acceptors (Lipinski definition) is 4. The van der Waals surface area contributed by atoms with Crippen molar-refractivity contribution in [3.63, 3.8) is 0 Å². The van der Waals surface area contributed by atoms with E-state index in [9.17, 15) is 0 Å². The van der Waals surface area contributed by atoms with E-state index in [0.717, 1.165) is 43.6 Å². The Hall–Kier alpha value is -1.16. The van der Waals surface area contributed by atoms with E-state index in [0.29, 0.717) is 0 Å². The number of nitrogens with zero attached hydrogens (tertiary/aromatic N) is 3. The zero-order valence-electron chi connectivity index (χ0n) is 12.1. The summed E-state index contributed by atoms with van der Waals surface area (Å²) in [6, 6.07) is 0. The van der Waals surface area contributed by atoms with E-state index in [4.69, 9.17) is 0 Å². The van der Waals surface area contributed by atoms with Gasteiger partial charge in [-0.2, -0.15) is 0 Å². The third-order valence-corrected chi connectivity index (χ3v) is 3.16. The Morgan fingerprint density at radius 3 is 2.50 bits per heavy atom. The molecular weight excluding hydrogens is 224 g/mol. The molecule has 1 aromatic heterocycles. The predicted molar refractivity (Wildman–Crippen MR) is 76.6 cm³/mol. The van der Waals surface area contributed by atoms with Gasteiger partial charge in [-0.15, -0.1) is 0 Å². The minimum atomic E-state index is 0.735. The lowest BCUT2D eigenvalue weighted by molar-refractivity contribution is 0.235. The van der Waals surface area contributed by atoms with Gasteiger partial charge in [-0.05, 0) is 19.4 Å². The molecule has 4 heteroatoms. The van der Waals surface area contributed by atoms with Crippen LogP contribution in [0.15, 0.2) is 12.4 Å². The molecule has 18 heavy (non-hydrogen) atoms. The fourth-order valence-electron chi connectivity index (χ4n) is 1.81. The molecule has 1 aromatic rings. The van der Waals surface area contributed by atoms with Crippen molar-refractivity contribution in [1.82, 2.24) is 14.9 Å². The maximum Gasteiger partial charge on any atom is 0.144 e. The zero-order chi connectivity index (χ0) is 13.4. The lowest BCUT2D eigenvalue weighted by Gasteiger charge is -2.23. The van der Waals surface area contributed by atoms with Gasteiger partial charge < -0.3 is 5.32 Å². The third kappa shape index (κ3) is 5.00. The number of aromatic nitrogens is 2. The Balaban J connectivity index is 2.53. The molecule has 0 spiro atoms. The van der Waals surface area contributed by atoms with Crippen LogP contribution in [-0.4, -0.2) is 34.5 Å². The monoisotopic (exact) mass is 250 g/mol. The van der Waals surface area contributed by atoms with Crippen molar-refractivity contribution >= 4 is 5.82 Å². The third-order valence-electron chi connectivity index (χ3n) is 3.16. The summed E-state index contributed by atoms with van der Waals surface area (Å²) in [5.41, 5.74) is 1.04. The molecule has 4 nitrogen and oxygen atoms in total. The summed E-state index contributed by atoms with van der Waals surface area (Å²) < 4.78 is 0. The largest absolute Gasteiger partial charge is 0.369 e. The van der Waals surface area contributed by atoms with Gasteiger partial charge in [-0.1, -0.05) is 27.2 Å². The van der Waals surface area contributed by atoms with Crippen molar-refractivity contribution in [2.75, 3.05) is 25.0 Å². The van der Waals surface area contributed by atoms with Crippen molar-refractivity contribution in [2.45, 2.75) is 40.7 Å². The molecule has 0 saturated heterocycles. The highest BCUT2D eigenvalue weighted by atomic mass is 15.1. The van der Waals surface area contributed by atoms with Gasteiger partial charge >= 0.3 is 0 Å². The lowest BCUT2D eigenvalue weighted by Crippen LogP contribution is -2.28. The van der Waals surface area contributed by atoms with E-state index in [2.05, 4.69) is 47.9 Å². The summed E-state index contributed by atoms with van der Waals surface area (Å²) >= 11 is 0. The second-order valence-electron chi connectivity index (χ2n) is 4.76. The first-order valence-electron chi connectivity index (χ1n) is 6.96. The minimum Gasteiger partial charge on any atom is -0.369 e. The molecule has 0 saturated carbocycles. The standard InChI is InChI=1S/C14H26N4/c1-5-12(4)10-18(7-3)11-13-8-17-14(9-16-13)15-6-2/h8-9,12H,5-7,10-11H2,1-4H3,(H,15,17). The SMILES string of the molecule is CCNc1cnc(CN(CC)CC(C)CC)cn1. The molecule has 1 atom stereocenters. The second-order valence-corrected chi connectivity index (χ2v) is 4.76. The Morgan fingerprint density at radius 2 is 2.00 bits per heavy atom. The summed E-state index contributed by atoms with van der Waals surface area (Å²) in [4.78, 5) is 11.2. The van der Waals surface area contributed by atoms with E-state index < -0.39 is 0 Å². The first-order valence-corrected chi connectivity index (χ1v) is 6.96. The van der Waals surface area contributed by atoms with Crippen LogP contribution in [0.25, 0.3) is 0 Å². The van der Waals surface area contributed by atoms with Crippen LogP contribution >= 0.6 is 0 Å². The van der Waals surface area contributed by atoms with E-state index in [-0.39, 0.29) is 0 Å². The van der Waals surface area contributed by atoms with Gasteiger partial charge in [0.2, 0.25) is 0 Å². The van der Waals surface area contributed by atoms with Gasteiger partial charge in [0.25, 0.3) is 0 Å². The van der Waals surface area contributed by atoms with Crippen molar-refractivity contribution in [2.24, 2.45) is 5.92 Å². The van der Waals surface area contributed by atoms with Crippen LogP contribution in [0, 0.1) is 5.92 Å². The van der Waals surface area contributed by atoms with E-state index in [1.165, 1.54) is 6.42 Å². The fraction of sp³-hybridized carbons (Fsp3) is 0.714. The van der Waals surface area contributed by atoms with Crippen LogP contribution < -0.4 is 5.32 Å². The van der Waals surface area contributed by atoms with Crippen molar-refractivity contribution in [3.05, 3.63) is 18.1 Å². The van der Waals surface area contributed by atoms with Gasteiger partial charge in [0, 0.05) is 19.6 Å². The Morgan fingerprint density at radius 1 is 1.22 bits per heavy atom. The maximum atomic E-state index is 4.45. The van der Waals surface area contributed by atoms with Gasteiger partial charge in [0.1, 0.15) is 5.82 Å². The molecule has 1 unspecified atom stereocenters. The molecule has 0 aromatic carbocycles. The van der Waals surface area contributed by atoms with E-state index in [1.54, 1.807) is 0 Å². The van der Waals surface area contributed by atoms with Crippen LogP contribution in [-0.2, 0) is 6.54 Å². The molecule has 0 aliphatic rings. The minimum absolute atomic E-state index is 0.735. The molecular formula is C14H26N4. The predicted octanol–water partition coefficient (Wildman–Crippen LogP) is 2.78. The summed E-state index contributed by atoms with van der Waals surface area (Å²) in [5.74, 6) is 1.59. The first kappa shape index (κ1) is 14.9. The average molecular weight is 250 g/mol. The molecule has 1 heterocycles. The van der Waals surface area contributed by atoms with Crippen LogP contribution in [0.2, 0.25) is 0 Å². The summed E-state index contributed by atoms with van der Waals surface area (Å²) in [6.07, 6.45) is 4.91. The number of hydrogen-bond donors (Lipinski definition) is 1. The Bertz CT molecular complexity index is 323. The van der Waals surface area contributed by atoms with Gasteiger partial charge in [-0.3, -0.25) is 9.88 Å². The highest BCUT2D eigenvalue weighted by Gasteiger charge is 2.08. The van der Waals surface area contributed by atoms with Crippen LogP contribution in [0.1, 0.15) is 39.8 Å². The molecule has 0 radical (unpaired) electrons. The Kier molecular flexibility index (Phi) is 6.65. The topological polar surface area (TPSA) is 41.1 Å². The molecule has 0 amide bonds. The molecule has 1 N–H and O–H groups in total. The number of anilines is 1. The molecule has 1 rings (SSSR count). The highest BCUT2D eigenvalue weighted by molar-refractivity contribution is 5.30.